The molecule has 1 unspecified atom stereocenters. The largest absolute Gasteiger partial charge is 0.450 e. The monoisotopic (exact) mass is 440 g/mol. The number of nitro benzene ring substituents is 1. The van der Waals surface area contributed by atoms with Crippen molar-refractivity contribution >= 4 is 50.6 Å². The summed E-state index contributed by atoms with van der Waals surface area (Å²) in [4.78, 5) is 38.6. The minimum Gasteiger partial charge on any atom is -0.450 e. The summed E-state index contributed by atoms with van der Waals surface area (Å²) in [5.74, 6) is -0.714. The van der Waals surface area contributed by atoms with Gasteiger partial charge >= 0.3 is 0 Å². The van der Waals surface area contributed by atoms with Crippen molar-refractivity contribution in [2.75, 3.05) is 4.90 Å². The minimum atomic E-state index is -0.958. The quantitative estimate of drug-likeness (QED) is 0.349. The maximum Gasteiger partial charge on any atom is 0.297 e. The van der Waals surface area contributed by atoms with E-state index in [0.717, 1.165) is 11.3 Å². The van der Waals surface area contributed by atoms with Crippen molar-refractivity contribution in [3.05, 3.63) is 90.2 Å². The lowest BCUT2D eigenvalue weighted by atomic mass is 9.98. The first-order chi connectivity index (χ1) is 14.5. The van der Waals surface area contributed by atoms with Gasteiger partial charge in [-0.3, -0.25) is 24.6 Å². The predicted molar refractivity (Wildman–Crippen MR) is 109 cm³/mol. The molecule has 0 fully saturated rings. The Balaban J connectivity index is 1.83. The summed E-state index contributed by atoms with van der Waals surface area (Å²) in [7, 11) is 0. The van der Waals surface area contributed by atoms with Gasteiger partial charge in [0, 0.05) is 17.2 Å². The van der Waals surface area contributed by atoms with Crippen molar-refractivity contribution in [1.82, 2.24) is 10.2 Å². The number of anilines is 1. The van der Waals surface area contributed by atoms with E-state index in [1.54, 1.807) is 12.1 Å². The Morgan fingerprint density at radius 1 is 1.20 bits per heavy atom. The van der Waals surface area contributed by atoms with Crippen molar-refractivity contribution in [2.45, 2.75) is 6.04 Å². The number of hydrogen-bond acceptors (Lipinski definition) is 8. The third-order valence-corrected chi connectivity index (χ3v) is 5.71. The fourth-order valence-electron chi connectivity index (χ4n) is 3.54. The van der Waals surface area contributed by atoms with Crippen LogP contribution in [0, 0.1) is 10.1 Å². The number of benzene rings is 2. The van der Waals surface area contributed by atoms with Gasteiger partial charge in [0.05, 0.1) is 21.9 Å². The molecular formula is C19H9ClN4O5S. The molecule has 2 aromatic heterocycles. The average molecular weight is 441 g/mol. The Labute approximate surface area is 176 Å². The highest BCUT2D eigenvalue weighted by Crippen LogP contribution is 2.42. The van der Waals surface area contributed by atoms with Gasteiger partial charge in [0.25, 0.3) is 11.6 Å². The zero-order valence-electron chi connectivity index (χ0n) is 14.8. The van der Waals surface area contributed by atoms with Crippen LogP contribution < -0.4 is 10.3 Å². The molecule has 0 radical (unpaired) electrons. The number of non-ortho nitro benzene ring substituents is 1. The fraction of sp³-hybridized carbons (Fsp3) is 0.0526. The molecule has 1 aliphatic rings. The lowest BCUT2D eigenvalue weighted by Gasteiger charge is -2.21. The number of rotatable bonds is 3. The van der Waals surface area contributed by atoms with Gasteiger partial charge in [-0.15, -0.1) is 10.2 Å². The van der Waals surface area contributed by atoms with Gasteiger partial charge < -0.3 is 4.42 Å². The van der Waals surface area contributed by atoms with Gasteiger partial charge in [0.2, 0.25) is 10.9 Å². The number of halogens is 1. The van der Waals surface area contributed by atoms with Crippen LogP contribution in [0.3, 0.4) is 0 Å². The average Bonchev–Trinajstić information content (AvgIpc) is 3.35. The lowest BCUT2D eigenvalue weighted by molar-refractivity contribution is -0.384. The maximum atomic E-state index is 13.4. The highest BCUT2D eigenvalue weighted by atomic mass is 35.5. The van der Waals surface area contributed by atoms with Crippen molar-refractivity contribution in [3.63, 3.8) is 0 Å². The van der Waals surface area contributed by atoms with Crippen LogP contribution in [0.1, 0.15) is 27.7 Å². The molecule has 1 amide bonds. The van der Waals surface area contributed by atoms with Crippen molar-refractivity contribution in [2.24, 2.45) is 0 Å². The summed E-state index contributed by atoms with van der Waals surface area (Å²) < 4.78 is 5.78. The number of carbonyl (C=O) groups is 1. The topological polar surface area (TPSA) is 119 Å². The molecule has 148 valence electrons. The molecule has 0 spiro atoms. The van der Waals surface area contributed by atoms with E-state index in [1.807, 2.05) is 0 Å². The van der Waals surface area contributed by atoms with E-state index in [0.29, 0.717) is 10.6 Å². The molecule has 9 nitrogen and oxygen atoms in total. The normalized spacial score (nSPS) is 15.6. The van der Waals surface area contributed by atoms with Gasteiger partial charge in [0.1, 0.15) is 11.1 Å². The van der Waals surface area contributed by atoms with Gasteiger partial charge in [0.15, 0.2) is 5.43 Å². The molecule has 0 saturated heterocycles. The van der Waals surface area contributed by atoms with Crippen LogP contribution in [0.5, 0.6) is 0 Å². The molecule has 1 atom stereocenters. The standard InChI is InChI=1S/C19H9ClN4O5S/c20-10-4-5-13-12(7-10)16(25)14-15(9-2-1-3-11(6-9)24(27)28)23(18(26)17(14)29-13)19-22-21-8-30-19/h1-8,15H. The van der Waals surface area contributed by atoms with Crippen LogP contribution >= 0.6 is 22.9 Å². The Hall–Kier alpha value is -3.63. The van der Waals surface area contributed by atoms with Crippen molar-refractivity contribution < 1.29 is 14.1 Å². The molecule has 0 bridgehead atoms. The van der Waals surface area contributed by atoms with Crippen molar-refractivity contribution in [3.8, 4) is 0 Å². The molecule has 0 aliphatic carbocycles. The Bertz CT molecular complexity index is 1400. The second-order valence-corrected chi connectivity index (χ2v) is 7.71. The van der Waals surface area contributed by atoms with Crippen LogP contribution in [0.15, 0.2) is 57.2 Å². The summed E-state index contributed by atoms with van der Waals surface area (Å²) in [5, 5.41) is 19.8. The van der Waals surface area contributed by atoms with Crippen LogP contribution in [-0.2, 0) is 0 Å². The molecular weight excluding hydrogens is 432 g/mol. The Morgan fingerprint density at radius 2 is 2.03 bits per heavy atom. The van der Waals surface area contributed by atoms with E-state index in [2.05, 4.69) is 10.2 Å². The summed E-state index contributed by atoms with van der Waals surface area (Å²) >= 11 is 7.14. The first kappa shape index (κ1) is 18.4. The third kappa shape index (κ3) is 2.69. The summed E-state index contributed by atoms with van der Waals surface area (Å²) in [6, 6.07) is 9.33. The number of carbonyl (C=O) groups excluding carboxylic acids is 1. The third-order valence-electron chi connectivity index (χ3n) is 4.78. The molecule has 0 saturated carbocycles. The van der Waals surface area contributed by atoms with Gasteiger partial charge in [-0.2, -0.15) is 0 Å². The van der Waals surface area contributed by atoms with Gasteiger partial charge in [-0.05, 0) is 23.8 Å². The fourth-order valence-corrected chi connectivity index (χ4v) is 4.30. The number of nitro groups is 1. The maximum absolute atomic E-state index is 13.4. The smallest absolute Gasteiger partial charge is 0.297 e. The van der Waals surface area contributed by atoms with Gasteiger partial charge in [-0.25, -0.2) is 0 Å². The zero-order valence-corrected chi connectivity index (χ0v) is 16.4. The molecule has 2 aromatic carbocycles. The number of hydrogen-bond donors (Lipinski definition) is 0. The number of amides is 1. The summed E-state index contributed by atoms with van der Waals surface area (Å²) in [6.07, 6.45) is 0. The van der Waals surface area contributed by atoms with Crippen molar-refractivity contribution in [1.29, 1.82) is 0 Å². The van der Waals surface area contributed by atoms with Crippen LogP contribution in [0.4, 0.5) is 10.8 Å². The first-order valence-corrected chi connectivity index (χ1v) is 9.82. The predicted octanol–water partition coefficient (Wildman–Crippen LogP) is 3.96. The van der Waals surface area contributed by atoms with E-state index in [4.69, 9.17) is 16.0 Å². The molecule has 3 heterocycles. The lowest BCUT2D eigenvalue weighted by Crippen LogP contribution is -2.29. The number of nitrogens with zero attached hydrogens (tertiary/aromatic N) is 4. The van der Waals surface area contributed by atoms with E-state index in [-0.39, 0.29) is 33.1 Å². The second-order valence-electron chi connectivity index (χ2n) is 6.47. The van der Waals surface area contributed by atoms with Crippen LogP contribution in [0.25, 0.3) is 11.0 Å². The molecule has 30 heavy (non-hydrogen) atoms. The highest BCUT2D eigenvalue weighted by molar-refractivity contribution is 7.13. The number of fused-ring (bicyclic) bond motifs is 2. The summed E-state index contributed by atoms with van der Waals surface area (Å²) in [5.41, 5.74) is 1.50. The molecule has 0 N–H and O–H groups in total. The van der Waals surface area contributed by atoms with E-state index in [1.165, 1.54) is 40.7 Å². The SMILES string of the molecule is O=C1c2oc3ccc(Cl)cc3c(=O)c2C(c2cccc([N+](=O)[O-])c2)N1c1nncs1. The Kier molecular flexibility index (Phi) is 4.12. The molecule has 4 aromatic rings. The van der Waals surface area contributed by atoms with E-state index < -0.39 is 22.3 Å². The molecule has 11 heteroatoms. The second kappa shape index (κ2) is 6.71. The first-order valence-electron chi connectivity index (χ1n) is 8.56. The van der Waals surface area contributed by atoms with Gasteiger partial charge in [-0.1, -0.05) is 35.1 Å². The highest BCUT2D eigenvalue weighted by Gasteiger charge is 2.45. The van der Waals surface area contributed by atoms with Crippen LogP contribution in [0.2, 0.25) is 5.02 Å². The van der Waals surface area contributed by atoms with E-state index >= 15 is 0 Å². The number of aromatic nitrogens is 2. The summed E-state index contributed by atoms with van der Waals surface area (Å²) in [6.45, 7) is 0. The molecule has 5 rings (SSSR count). The zero-order chi connectivity index (χ0) is 21.0. The molecule has 1 aliphatic heterocycles. The van der Waals surface area contributed by atoms with Crippen LogP contribution in [-0.4, -0.2) is 21.0 Å². The van der Waals surface area contributed by atoms with E-state index in [9.17, 15) is 19.7 Å². The minimum absolute atomic E-state index is 0.0745. The Morgan fingerprint density at radius 3 is 2.77 bits per heavy atom.